The van der Waals surface area contributed by atoms with Gasteiger partial charge in [-0.2, -0.15) is 0 Å². The number of unbranched alkanes of at least 4 members (excludes halogenated alkanes) is 42. The third kappa shape index (κ3) is 62.4. The van der Waals surface area contributed by atoms with Crippen molar-refractivity contribution in [2.24, 2.45) is 0 Å². The molecule has 0 heterocycles. The van der Waals surface area contributed by atoms with E-state index < -0.39 is 6.10 Å². The molecular formula is C61H121NO8. The lowest BCUT2D eigenvalue weighted by Gasteiger charge is -2.18. The van der Waals surface area contributed by atoms with Gasteiger partial charge in [0.1, 0.15) is 13.2 Å². The minimum Gasteiger partial charge on any atom is -0.462 e. The van der Waals surface area contributed by atoms with Gasteiger partial charge in [-0.25, -0.2) is 0 Å². The van der Waals surface area contributed by atoms with Crippen LogP contribution in [-0.2, 0) is 28.6 Å². The van der Waals surface area contributed by atoms with Crippen molar-refractivity contribution in [1.29, 1.82) is 0 Å². The minimum atomic E-state index is -0.760. The van der Waals surface area contributed by atoms with Crippen LogP contribution in [0.25, 0.3) is 0 Å². The lowest BCUT2D eigenvalue weighted by molar-refractivity contribution is -0.167. The Kier molecular flexibility index (Phi) is 63.7. The zero-order valence-corrected chi connectivity index (χ0v) is 47.1. The van der Waals surface area contributed by atoms with Crippen molar-refractivity contribution < 1.29 is 38.8 Å². The van der Waals surface area contributed by atoms with E-state index in [1.807, 2.05) is 0 Å². The zero-order valence-electron chi connectivity index (χ0n) is 47.1. The summed E-state index contributed by atoms with van der Waals surface area (Å²) in [6, 6.07) is 0. The van der Waals surface area contributed by atoms with E-state index in [4.69, 9.17) is 24.4 Å². The Morgan fingerprint density at radius 1 is 0.314 bits per heavy atom. The molecule has 418 valence electrons. The standard InChI is InChI=1S/C57H110O6.C4H11NO2/c1-4-7-10-13-16-19-22-25-28-31-34-37-40-43-46-49-55(58)61-52-54(63-57(60)51-48-45-42-39-36-33-30-27-24-21-18-15-12-9-6-3)53-62-56(59)50-47-44-41-38-35-32-29-26-23-20-17-14-11-8-5-2;6-3-1-5-2-4-7/h54H,4-53H2,1-3H3;5-7H,1-4H2. The summed E-state index contributed by atoms with van der Waals surface area (Å²) in [4.78, 5) is 38.1. The second kappa shape index (κ2) is 63.4. The van der Waals surface area contributed by atoms with Crippen LogP contribution < -0.4 is 5.32 Å². The highest BCUT2D eigenvalue weighted by Gasteiger charge is 2.19. The topological polar surface area (TPSA) is 131 Å². The van der Waals surface area contributed by atoms with Gasteiger partial charge in [0, 0.05) is 32.4 Å². The lowest BCUT2D eigenvalue weighted by Crippen LogP contribution is -2.30. The van der Waals surface area contributed by atoms with Crippen molar-refractivity contribution in [2.75, 3.05) is 39.5 Å². The van der Waals surface area contributed by atoms with Crippen molar-refractivity contribution in [3.05, 3.63) is 0 Å². The molecule has 0 aliphatic carbocycles. The molecule has 3 N–H and O–H groups in total. The third-order valence-electron chi connectivity index (χ3n) is 13.7. The van der Waals surface area contributed by atoms with Gasteiger partial charge < -0.3 is 29.7 Å². The molecule has 0 saturated heterocycles. The van der Waals surface area contributed by atoms with E-state index in [-0.39, 0.29) is 44.3 Å². The van der Waals surface area contributed by atoms with Crippen LogP contribution in [0.5, 0.6) is 0 Å². The number of hydrogen-bond donors (Lipinski definition) is 3. The molecule has 0 bridgehead atoms. The molecular weight excluding hydrogens is 875 g/mol. The molecule has 0 rings (SSSR count). The van der Waals surface area contributed by atoms with Crippen LogP contribution in [0.2, 0.25) is 0 Å². The average Bonchev–Trinajstić information content (AvgIpc) is 3.36. The largest absolute Gasteiger partial charge is 0.462 e. The van der Waals surface area contributed by atoms with Crippen LogP contribution in [0, 0.1) is 0 Å². The molecule has 0 aromatic rings. The fraction of sp³-hybridized carbons (Fsp3) is 0.951. The van der Waals surface area contributed by atoms with Crippen molar-refractivity contribution in [1.82, 2.24) is 5.32 Å². The Bertz CT molecular complexity index is 973. The second-order valence-corrected chi connectivity index (χ2v) is 20.8. The zero-order chi connectivity index (χ0) is 51.3. The number of carbonyl (C=O) groups excluding carboxylic acids is 3. The quantitative estimate of drug-likeness (QED) is 0.0310. The van der Waals surface area contributed by atoms with Crippen LogP contribution in [-0.4, -0.2) is 73.7 Å². The Morgan fingerprint density at radius 3 is 0.729 bits per heavy atom. The van der Waals surface area contributed by atoms with E-state index in [1.165, 1.54) is 231 Å². The highest BCUT2D eigenvalue weighted by molar-refractivity contribution is 5.71. The van der Waals surface area contributed by atoms with Gasteiger partial charge in [-0.1, -0.05) is 290 Å². The number of esters is 3. The number of nitrogens with one attached hydrogen (secondary N) is 1. The van der Waals surface area contributed by atoms with Gasteiger partial charge in [-0.15, -0.1) is 0 Å². The van der Waals surface area contributed by atoms with Gasteiger partial charge in [-0.3, -0.25) is 14.4 Å². The maximum Gasteiger partial charge on any atom is 0.306 e. The van der Waals surface area contributed by atoms with Crippen LogP contribution in [0.15, 0.2) is 0 Å². The highest BCUT2D eigenvalue weighted by atomic mass is 16.6. The van der Waals surface area contributed by atoms with E-state index in [9.17, 15) is 14.4 Å². The lowest BCUT2D eigenvalue weighted by atomic mass is 10.0. The number of hydrogen-bond acceptors (Lipinski definition) is 9. The average molecular weight is 997 g/mol. The Morgan fingerprint density at radius 2 is 0.514 bits per heavy atom. The molecule has 9 nitrogen and oxygen atoms in total. The van der Waals surface area contributed by atoms with E-state index in [1.54, 1.807) is 0 Å². The number of aliphatic hydroxyl groups excluding tert-OH is 2. The number of carbonyl (C=O) groups is 3. The van der Waals surface area contributed by atoms with Gasteiger partial charge in [0.15, 0.2) is 6.10 Å². The third-order valence-corrected chi connectivity index (χ3v) is 13.7. The van der Waals surface area contributed by atoms with Gasteiger partial charge in [0.25, 0.3) is 0 Å². The summed E-state index contributed by atoms with van der Waals surface area (Å²) in [5.41, 5.74) is 0. The summed E-state index contributed by atoms with van der Waals surface area (Å²) >= 11 is 0. The summed E-state index contributed by atoms with van der Waals surface area (Å²) < 4.78 is 16.9. The summed E-state index contributed by atoms with van der Waals surface area (Å²) in [5, 5.41) is 19.1. The second-order valence-electron chi connectivity index (χ2n) is 20.8. The number of aliphatic hydroxyl groups is 2. The van der Waals surface area contributed by atoms with Gasteiger partial charge in [0.2, 0.25) is 0 Å². The minimum absolute atomic E-state index is 0.0611. The maximum absolute atomic E-state index is 12.8. The molecule has 9 heteroatoms. The molecule has 0 aliphatic heterocycles. The summed E-state index contributed by atoms with van der Waals surface area (Å²) in [6.45, 7) is 8.12. The molecule has 0 radical (unpaired) electrons. The summed E-state index contributed by atoms with van der Waals surface area (Å²) in [5.74, 6) is -0.832. The van der Waals surface area contributed by atoms with Crippen LogP contribution in [0.3, 0.4) is 0 Å². The fourth-order valence-corrected chi connectivity index (χ4v) is 9.08. The predicted molar refractivity (Wildman–Crippen MR) is 297 cm³/mol. The molecule has 0 saturated carbocycles. The van der Waals surface area contributed by atoms with Crippen molar-refractivity contribution in [2.45, 2.75) is 335 Å². The normalized spacial score (nSPS) is 11.2. The molecule has 0 aliphatic rings. The first-order valence-corrected chi connectivity index (χ1v) is 30.9. The van der Waals surface area contributed by atoms with Crippen molar-refractivity contribution >= 4 is 17.9 Å². The van der Waals surface area contributed by atoms with Gasteiger partial charge in [0.05, 0.1) is 13.2 Å². The molecule has 0 aromatic carbocycles. The van der Waals surface area contributed by atoms with Gasteiger partial charge >= 0.3 is 17.9 Å². The maximum atomic E-state index is 12.8. The highest BCUT2D eigenvalue weighted by Crippen LogP contribution is 2.18. The molecule has 0 fully saturated rings. The SMILES string of the molecule is CCCCCCCCCCCCCCCCCC(=O)OCC(COC(=O)CCCCCCCCCCCCCCCCC)OC(=O)CCCCCCCCCCCCCCCCC.OCCNCCO. The van der Waals surface area contributed by atoms with Crippen molar-refractivity contribution in [3.63, 3.8) is 0 Å². The summed E-state index contributed by atoms with van der Waals surface area (Å²) in [7, 11) is 0. The number of ether oxygens (including phenoxy) is 3. The molecule has 0 unspecified atom stereocenters. The Hall–Kier alpha value is -1.71. The molecule has 0 atom stereocenters. The van der Waals surface area contributed by atoms with Gasteiger partial charge in [-0.05, 0) is 19.3 Å². The Labute approximate surface area is 435 Å². The van der Waals surface area contributed by atoms with Crippen LogP contribution in [0.1, 0.15) is 329 Å². The van der Waals surface area contributed by atoms with Crippen LogP contribution in [0.4, 0.5) is 0 Å². The molecule has 0 aromatic heterocycles. The van der Waals surface area contributed by atoms with E-state index in [0.717, 1.165) is 57.8 Å². The predicted octanol–water partition coefficient (Wildman–Crippen LogP) is 17.3. The fourth-order valence-electron chi connectivity index (χ4n) is 9.08. The first kappa shape index (κ1) is 70.4. The molecule has 0 amide bonds. The number of rotatable bonds is 57. The van der Waals surface area contributed by atoms with Crippen LogP contribution >= 0.6 is 0 Å². The first-order valence-electron chi connectivity index (χ1n) is 30.9. The Balaban J connectivity index is 0. The van der Waals surface area contributed by atoms with E-state index in [2.05, 4.69) is 26.1 Å². The van der Waals surface area contributed by atoms with E-state index >= 15 is 0 Å². The molecule has 0 spiro atoms. The smallest absolute Gasteiger partial charge is 0.306 e. The van der Waals surface area contributed by atoms with Crippen molar-refractivity contribution in [3.8, 4) is 0 Å². The summed E-state index contributed by atoms with van der Waals surface area (Å²) in [6.07, 6.45) is 58.0. The monoisotopic (exact) mass is 996 g/mol. The first-order chi connectivity index (χ1) is 34.4. The van der Waals surface area contributed by atoms with E-state index in [0.29, 0.717) is 32.4 Å². The molecule has 70 heavy (non-hydrogen) atoms.